The summed E-state index contributed by atoms with van der Waals surface area (Å²) in [5, 5.41) is 2.91. The number of likely N-dealkylation sites (tertiary alicyclic amines) is 1. The van der Waals surface area contributed by atoms with Gasteiger partial charge >= 0.3 is 6.03 Å². The van der Waals surface area contributed by atoms with Gasteiger partial charge in [-0.1, -0.05) is 6.07 Å². The zero-order chi connectivity index (χ0) is 19.7. The van der Waals surface area contributed by atoms with E-state index in [9.17, 15) is 9.59 Å². The molecular formula is C20H24N6O2. The first kappa shape index (κ1) is 18.2. The van der Waals surface area contributed by atoms with Crippen molar-refractivity contribution in [3.63, 3.8) is 0 Å². The Morgan fingerprint density at radius 1 is 1.36 bits per heavy atom. The lowest BCUT2D eigenvalue weighted by atomic mass is 9.93. The Bertz CT molecular complexity index is 1020. The first-order valence-electron chi connectivity index (χ1n) is 9.51. The van der Waals surface area contributed by atoms with E-state index in [1.807, 2.05) is 32.2 Å². The lowest BCUT2D eigenvalue weighted by Gasteiger charge is -2.31. The van der Waals surface area contributed by atoms with Gasteiger partial charge in [0.25, 0.3) is 0 Å². The maximum atomic E-state index is 12.7. The minimum absolute atomic E-state index is 0.00217. The summed E-state index contributed by atoms with van der Waals surface area (Å²) in [4.78, 5) is 38.9. The van der Waals surface area contributed by atoms with E-state index in [0.717, 1.165) is 29.4 Å². The summed E-state index contributed by atoms with van der Waals surface area (Å²) in [5.41, 5.74) is 3.00. The van der Waals surface area contributed by atoms with Crippen LogP contribution in [-0.4, -0.2) is 49.3 Å². The SMILES string of the molecule is Cc1ccc2nc(CNC(=O)N3CCC[C@@H](C(=O)c4nccn4C)C3)[nH]c2c1. The highest BCUT2D eigenvalue weighted by molar-refractivity contribution is 5.95. The summed E-state index contributed by atoms with van der Waals surface area (Å²) in [7, 11) is 1.81. The van der Waals surface area contributed by atoms with E-state index in [-0.39, 0.29) is 17.7 Å². The molecule has 0 saturated carbocycles. The van der Waals surface area contributed by atoms with E-state index in [1.165, 1.54) is 0 Å². The Morgan fingerprint density at radius 3 is 3.00 bits per heavy atom. The van der Waals surface area contributed by atoms with Crippen LogP contribution in [0.4, 0.5) is 4.79 Å². The second-order valence-corrected chi connectivity index (χ2v) is 7.37. The molecule has 4 rings (SSSR count). The zero-order valence-electron chi connectivity index (χ0n) is 16.1. The van der Waals surface area contributed by atoms with Gasteiger partial charge in [-0.05, 0) is 37.5 Å². The number of H-pyrrole nitrogens is 1. The van der Waals surface area contributed by atoms with Gasteiger partial charge in [0.2, 0.25) is 5.78 Å². The molecule has 0 bridgehead atoms. The largest absolute Gasteiger partial charge is 0.340 e. The Balaban J connectivity index is 1.37. The molecule has 0 aliphatic carbocycles. The Hall–Kier alpha value is -3.16. The van der Waals surface area contributed by atoms with Crippen molar-refractivity contribution in [2.45, 2.75) is 26.3 Å². The van der Waals surface area contributed by atoms with Crippen molar-refractivity contribution in [2.24, 2.45) is 13.0 Å². The van der Waals surface area contributed by atoms with Crippen LogP contribution in [0.25, 0.3) is 11.0 Å². The number of imidazole rings is 2. The molecule has 1 atom stereocenters. The summed E-state index contributed by atoms with van der Waals surface area (Å²) in [6, 6.07) is 5.84. The molecular weight excluding hydrogens is 356 g/mol. The van der Waals surface area contributed by atoms with Crippen molar-refractivity contribution in [1.82, 2.24) is 29.7 Å². The third-order valence-electron chi connectivity index (χ3n) is 5.21. The van der Waals surface area contributed by atoms with Crippen molar-refractivity contribution in [3.8, 4) is 0 Å². The summed E-state index contributed by atoms with van der Waals surface area (Å²) >= 11 is 0. The number of piperidine rings is 1. The molecule has 0 radical (unpaired) electrons. The number of rotatable bonds is 4. The average Bonchev–Trinajstić information content (AvgIpc) is 3.30. The van der Waals surface area contributed by atoms with Crippen molar-refractivity contribution in [2.75, 3.05) is 13.1 Å². The number of hydrogen-bond donors (Lipinski definition) is 2. The van der Waals surface area contributed by atoms with Crippen molar-refractivity contribution >= 4 is 22.8 Å². The van der Waals surface area contributed by atoms with Gasteiger partial charge in [-0.25, -0.2) is 14.8 Å². The van der Waals surface area contributed by atoms with Crippen LogP contribution in [0.15, 0.2) is 30.6 Å². The van der Waals surface area contributed by atoms with E-state index in [0.29, 0.717) is 31.3 Å². The number of fused-ring (bicyclic) bond motifs is 1. The molecule has 2 aromatic heterocycles. The van der Waals surface area contributed by atoms with E-state index in [4.69, 9.17) is 0 Å². The highest BCUT2D eigenvalue weighted by atomic mass is 16.2. The standard InChI is InChI=1S/C20H24N6O2/c1-13-5-6-15-16(10-13)24-17(23-15)11-22-20(28)26-8-3-4-14(12-26)18(27)19-21-7-9-25(19)2/h5-7,9-10,14H,3-4,8,11-12H2,1-2H3,(H,22,28)(H,23,24)/t14-/m1/s1. The molecule has 0 unspecified atom stereocenters. The lowest BCUT2D eigenvalue weighted by molar-refractivity contribution is 0.0831. The van der Waals surface area contributed by atoms with Gasteiger partial charge in [0, 0.05) is 38.4 Å². The average molecular weight is 380 g/mol. The second kappa shape index (κ2) is 7.46. The highest BCUT2D eigenvalue weighted by Crippen LogP contribution is 2.20. The molecule has 1 saturated heterocycles. The maximum Gasteiger partial charge on any atom is 0.317 e. The molecule has 1 aliphatic rings. The van der Waals surface area contributed by atoms with Gasteiger partial charge in [0.1, 0.15) is 5.82 Å². The predicted molar refractivity (Wildman–Crippen MR) is 105 cm³/mol. The Kier molecular flexibility index (Phi) is 4.85. The number of carbonyl (C=O) groups excluding carboxylic acids is 2. The molecule has 1 aliphatic heterocycles. The highest BCUT2D eigenvalue weighted by Gasteiger charge is 2.30. The maximum absolute atomic E-state index is 12.7. The summed E-state index contributed by atoms with van der Waals surface area (Å²) in [5.74, 6) is 0.948. The number of amides is 2. The minimum Gasteiger partial charge on any atom is -0.340 e. The third kappa shape index (κ3) is 3.62. The molecule has 0 spiro atoms. The number of carbonyl (C=O) groups is 2. The quantitative estimate of drug-likeness (QED) is 0.680. The van der Waals surface area contributed by atoms with Crippen LogP contribution in [0.2, 0.25) is 0 Å². The molecule has 2 N–H and O–H groups in total. The van der Waals surface area contributed by atoms with Gasteiger partial charge in [0.15, 0.2) is 5.82 Å². The van der Waals surface area contributed by atoms with Crippen molar-refractivity contribution < 1.29 is 9.59 Å². The third-order valence-corrected chi connectivity index (χ3v) is 5.21. The number of nitrogens with one attached hydrogen (secondary N) is 2. The monoisotopic (exact) mass is 380 g/mol. The summed E-state index contributed by atoms with van der Waals surface area (Å²) in [6.45, 7) is 3.41. The molecule has 3 heterocycles. The number of urea groups is 1. The van der Waals surface area contributed by atoms with E-state index < -0.39 is 0 Å². The number of Topliss-reactive ketones (excluding diaryl/α,β-unsaturated/α-hetero) is 1. The fraction of sp³-hybridized carbons (Fsp3) is 0.400. The van der Waals surface area contributed by atoms with Crippen LogP contribution in [0, 0.1) is 12.8 Å². The first-order chi connectivity index (χ1) is 13.5. The normalized spacial score (nSPS) is 17.1. The number of nitrogens with zero attached hydrogens (tertiary/aromatic N) is 4. The molecule has 8 nitrogen and oxygen atoms in total. The van der Waals surface area contributed by atoms with Crippen molar-refractivity contribution in [3.05, 3.63) is 47.8 Å². The Morgan fingerprint density at radius 2 is 2.21 bits per heavy atom. The van der Waals surface area contributed by atoms with Gasteiger partial charge < -0.3 is 19.8 Å². The molecule has 28 heavy (non-hydrogen) atoms. The minimum atomic E-state index is -0.213. The number of aromatic nitrogens is 4. The Labute approximate surface area is 163 Å². The molecule has 1 aromatic carbocycles. The van der Waals surface area contributed by atoms with Crippen molar-refractivity contribution in [1.29, 1.82) is 0 Å². The molecule has 8 heteroatoms. The fourth-order valence-electron chi connectivity index (χ4n) is 3.69. The lowest BCUT2D eigenvalue weighted by Crippen LogP contribution is -2.47. The smallest absolute Gasteiger partial charge is 0.317 e. The number of benzene rings is 1. The molecule has 146 valence electrons. The van der Waals surface area contributed by atoms with Gasteiger partial charge in [-0.2, -0.15) is 0 Å². The number of aromatic amines is 1. The van der Waals surface area contributed by atoms with Crippen LogP contribution >= 0.6 is 0 Å². The van der Waals surface area contributed by atoms with Gasteiger partial charge in [-0.3, -0.25) is 4.79 Å². The van der Waals surface area contributed by atoms with E-state index in [1.54, 1.807) is 21.9 Å². The van der Waals surface area contributed by atoms with E-state index >= 15 is 0 Å². The second-order valence-electron chi connectivity index (χ2n) is 7.37. The van der Waals surface area contributed by atoms with Crippen LogP contribution in [0.3, 0.4) is 0 Å². The molecule has 3 aromatic rings. The van der Waals surface area contributed by atoms with Crippen LogP contribution in [0.1, 0.15) is 34.8 Å². The first-order valence-corrected chi connectivity index (χ1v) is 9.51. The van der Waals surface area contributed by atoms with Gasteiger partial charge in [-0.15, -0.1) is 0 Å². The van der Waals surface area contributed by atoms with E-state index in [2.05, 4.69) is 20.3 Å². The predicted octanol–water partition coefficient (Wildman–Crippen LogP) is 2.41. The topological polar surface area (TPSA) is 95.9 Å². The van der Waals surface area contributed by atoms with Crippen LogP contribution in [0.5, 0.6) is 0 Å². The number of ketones is 1. The number of aryl methyl sites for hydroxylation is 2. The summed E-state index contributed by atoms with van der Waals surface area (Å²) < 4.78 is 1.73. The van der Waals surface area contributed by atoms with Crippen LogP contribution in [-0.2, 0) is 13.6 Å². The zero-order valence-corrected chi connectivity index (χ0v) is 16.1. The number of hydrogen-bond acceptors (Lipinski definition) is 4. The van der Waals surface area contributed by atoms with Gasteiger partial charge in [0.05, 0.1) is 17.6 Å². The molecule has 2 amide bonds. The summed E-state index contributed by atoms with van der Waals surface area (Å²) in [6.07, 6.45) is 4.96. The fourth-order valence-corrected chi connectivity index (χ4v) is 3.69. The molecule has 1 fully saturated rings. The van der Waals surface area contributed by atoms with Crippen LogP contribution < -0.4 is 5.32 Å².